The van der Waals surface area contributed by atoms with E-state index >= 15 is 0 Å². The molecule has 0 aliphatic carbocycles. The molecule has 1 fully saturated rings. The molecule has 1 aliphatic rings. The van der Waals surface area contributed by atoms with Crippen molar-refractivity contribution < 1.29 is 4.74 Å². The maximum Gasteiger partial charge on any atom is 0.182 e. The molecule has 1 aromatic carbocycles. The summed E-state index contributed by atoms with van der Waals surface area (Å²) in [6, 6.07) is 12.5. The Bertz CT molecular complexity index is 1120. The predicted octanol–water partition coefficient (Wildman–Crippen LogP) is 3.73. The van der Waals surface area contributed by atoms with Gasteiger partial charge in [0.2, 0.25) is 0 Å². The van der Waals surface area contributed by atoms with Crippen LogP contribution in [0.3, 0.4) is 0 Å². The average molecular weight is 398 g/mol. The van der Waals surface area contributed by atoms with Crippen LogP contribution in [-0.2, 0) is 10.2 Å². The Morgan fingerprint density at radius 3 is 2.37 bits per heavy atom. The molecule has 3 aromatic heterocycles. The van der Waals surface area contributed by atoms with Gasteiger partial charge in [-0.25, -0.2) is 15.0 Å². The van der Waals surface area contributed by atoms with Crippen LogP contribution in [0.1, 0.15) is 30.1 Å². The highest BCUT2D eigenvalue weighted by molar-refractivity contribution is 5.62. The molecule has 0 amide bonds. The summed E-state index contributed by atoms with van der Waals surface area (Å²) in [7, 11) is 0. The molecule has 4 aromatic rings. The van der Waals surface area contributed by atoms with Crippen LogP contribution in [0.4, 0.5) is 0 Å². The minimum atomic E-state index is -0.256. The van der Waals surface area contributed by atoms with Gasteiger partial charge in [0.15, 0.2) is 5.82 Å². The van der Waals surface area contributed by atoms with Crippen molar-refractivity contribution in [1.82, 2.24) is 30.1 Å². The van der Waals surface area contributed by atoms with Gasteiger partial charge >= 0.3 is 0 Å². The lowest BCUT2D eigenvalue weighted by molar-refractivity contribution is 0.0606. The van der Waals surface area contributed by atoms with Crippen LogP contribution in [0, 0.1) is 6.92 Å². The molecule has 1 aliphatic heterocycles. The predicted molar refractivity (Wildman–Crippen MR) is 113 cm³/mol. The number of H-pyrrole nitrogens is 1. The van der Waals surface area contributed by atoms with E-state index in [0.29, 0.717) is 19.0 Å². The lowest BCUT2D eigenvalue weighted by atomic mass is 9.73. The van der Waals surface area contributed by atoms with Crippen molar-refractivity contribution in [2.45, 2.75) is 25.2 Å². The number of nitrogens with zero attached hydrogens (tertiary/aromatic N) is 5. The Kier molecular flexibility index (Phi) is 4.80. The molecule has 150 valence electrons. The molecule has 1 saturated heterocycles. The lowest BCUT2D eigenvalue weighted by Crippen LogP contribution is -2.36. The van der Waals surface area contributed by atoms with Crippen LogP contribution in [0.25, 0.3) is 22.5 Å². The molecule has 5 rings (SSSR count). The second kappa shape index (κ2) is 7.76. The molecule has 30 heavy (non-hydrogen) atoms. The standard InChI is InChI=1S/C23H22N6O/c1-16-25-14-19(15-26-16)17-4-6-20(7-5-17)23(8-11-30-12-9-23)22-27-21(28-29-22)18-3-2-10-24-13-18/h2-7,10,13-15H,8-9,11-12H2,1H3,(H,27,28,29). The molecule has 0 radical (unpaired) electrons. The Morgan fingerprint density at radius 2 is 1.67 bits per heavy atom. The molecule has 0 bridgehead atoms. The minimum absolute atomic E-state index is 0.256. The third-order valence-corrected chi connectivity index (χ3v) is 5.76. The summed E-state index contributed by atoms with van der Waals surface area (Å²) in [5.74, 6) is 2.31. The normalized spacial score (nSPS) is 15.8. The van der Waals surface area contributed by atoms with Crippen LogP contribution >= 0.6 is 0 Å². The van der Waals surface area contributed by atoms with Crippen molar-refractivity contribution in [3.05, 3.63) is 78.4 Å². The Balaban J connectivity index is 1.51. The first kappa shape index (κ1) is 18.6. The van der Waals surface area contributed by atoms with E-state index in [4.69, 9.17) is 9.72 Å². The summed E-state index contributed by atoms with van der Waals surface area (Å²) in [6.07, 6.45) is 8.94. The quantitative estimate of drug-likeness (QED) is 0.563. The molecule has 4 heterocycles. The summed E-state index contributed by atoms with van der Waals surface area (Å²) in [5, 5.41) is 7.67. The largest absolute Gasteiger partial charge is 0.381 e. The van der Waals surface area contributed by atoms with Crippen LogP contribution in [0.2, 0.25) is 0 Å². The van der Waals surface area contributed by atoms with E-state index in [1.807, 2.05) is 31.5 Å². The van der Waals surface area contributed by atoms with Gasteiger partial charge in [-0.3, -0.25) is 10.1 Å². The number of ether oxygens (including phenoxy) is 1. The van der Waals surface area contributed by atoms with Crippen molar-refractivity contribution in [3.63, 3.8) is 0 Å². The average Bonchev–Trinajstić information content (AvgIpc) is 3.32. The molecule has 0 unspecified atom stereocenters. The highest BCUT2D eigenvalue weighted by Gasteiger charge is 2.39. The highest BCUT2D eigenvalue weighted by atomic mass is 16.5. The molecule has 1 N–H and O–H groups in total. The van der Waals surface area contributed by atoms with E-state index in [-0.39, 0.29) is 5.41 Å². The van der Waals surface area contributed by atoms with Crippen molar-refractivity contribution in [3.8, 4) is 22.5 Å². The van der Waals surface area contributed by atoms with Crippen molar-refractivity contribution in [2.24, 2.45) is 0 Å². The Morgan fingerprint density at radius 1 is 0.900 bits per heavy atom. The summed E-state index contributed by atoms with van der Waals surface area (Å²) in [6.45, 7) is 3.27. The van der Waals surface area contributed by atoms with Gasteiger partial charge in [0.1, 0.15) is 11.6 Å². The SMILES string of the molecule is Cc1ncc(-c2ccc(C3(c4nc(-c5cccnc5)n[nH]4)CCOCC3)cc2)cn1. The molecule has 7 nitrogen and oxygen atoms in total. The maximum atomic E-state index is 5.67. The third-order valence-electron chi connectivity index (χ3n) is 5.76. The number of nitrogens with one attached hydrogen (secondary N) is 1. The first-order valence-electron chi connectivity index (χ1n) is 10.1. The number of aromatic nitrogens is 6. The second-order valence-corrected chi connectivity index (χ2v) is 7.54. The lowest BCUT2D eigenvalue weighted by Gasteiger charge is -2.35. The summed E-state index contributed by atoms with van der Waals surface area (Å²) < 4.78 is 5.67. The smallest absolute Gasteiger partial charge is 0.182 e. The monoisotopic (exact) mass is 398 g/mol. The van der Waals surface area contributed by atoms with E-state index in [9.17, 15) is 0 Å². The van der Waals surface area contributed by atoms with Crippen LogP contribution in [-0.4, -0.2) is 43.3 Å². The van der Waals surface area contributed by atoms with Gasteiger partial charge in [-0.2, -0.15) is 5.10 Å². The molecule has 0 saturated carbocycles. The van der Waals surface area contributed by atoms with Crippen molar-refractivity contribution >= 4 is 0 Å². The molecular weight excluding hydrogens is 376 g/mol. The van der Waals surface area contributed by atoms with E-state index < -0.39 is 0 Å². The van der Waals surface area contributed by atoms with Gasteiger partial charge in [-0.15, -0.1) is 0 Å². The van der Waals surface area contributed by atoms with Crippen LogP contribution in [0.15, 0.2) is 61.2 Å². The fourth-order valence-electron chi connectivity index (χ4n) is 4.01. The number of aromatic amines is 1. The highest BCUT2D eigenvalue weighted by Crippen LogP contribution is 2.40. The number of aryl methyl sites for hydroxylation is 1. The maximum absolute atomic E-state index is 5.67. The van der Waals surface area contributed by atoms with E-state index in [1.165, 1.54) is 5.56 Å². The number of rotatable bonds is 4. The third kappa shape index (κ3) is 3.37. The number of benzene rings is 1. The fourth-order valence-corrected chi connectivity index (χ4v) is 4.01. The van der Waals surface area contributed by atoms with E-state index in [2.05, 4.69) is 49.4 Å². The van der Waals surface area contributed by atoms with E-state index in [1.54, 1.807) is 12.4 Å². The second-order valence-electron chi connectivity index (χ2n) is 7.54. The van der Waals surface area contributed by atoms with Gasteiger partial charge < -0.3 is 4.74 Å². The Hall–Kier alpha value is -3.45. The molecule has 0 spiro atoms. The number of pyridine rings is 1. The fraction of sp³-hybridized carbons (Fsp3) is 0.261. The summed E-state index contributed by atoms with van der Waals surface area (Å²) >= 11 is 0. The summed E-state index contributed by atoms with van der Waals surface area (Å²) in [5.41, 5.74) is 3.95. The topological polar surface area (TPSA) is 89.5 Å². The zero-order chi connectivity index (χ0) is 20.4. The zero-order valence-corrected chi connectivity index (χ0v) is 16.7. The van der Waals surface area contributed by atoms with Gasteiger partial charge in [0.05, 0.1) is 5.41 Å². The van der Waals surface area contributed by atoms with Crippen molar-refractivity contribution in [2.75, 3.05) is 13.2 Å². The van der Waals surface area contributed by atoms with Gasteiger partial charge in [-0.05, 0) is 43.0 Å². The molecule has 7 heteroatoms. The first-order chi connectivity index (χ1) is 14.7. The summed E-state index contributed by atoms with van der Waals surface area (Å²) in [4.78, 5) is 17.6. The number of hydrogen-bond acceptors (Lipinski definition) is 6. The van der Waals surface area contributed by atoms with Gasteiger partial charge in [0.25, 0.3) is 0 Å². The number of hydrogen-bond donors (Lipinski definition) is 1. The van der Waals surface area contributed by atoms with Gasteiger partial charge in [0, 0.05) is 49.1 Å². The molecular formula is C23H22N6O. The van der Waals surface area contributed by atoms with Crippen LogP contribution < -0.4 is 0 Å². The van der Waals surface area contributed by atoms with Crippen molar-refractivity contribution in [1.29, 1.82) is 0 Å². The van der Waals surface area contributed by atoms with Gasteiger partial charge in [-0.1, -0.05) is 24.3 Å². The minimum Gasteiger partial charge on any atom is -0.381 e. The molecule has 0 atom stereocenters. The van der Waals surface area contributed by atoms with Crippen LogP contribution in [0.5, 0.6) is 0 Å². The zero-order valence-electron chi connectivity index (χ0n) is 16.7. The van der Waals surface area contributed by atoms with E-state index in [0.717, 1.165) is 41.2 Å². The first-order valence-corrected chi connectivity index (χ1v) is 10.1. The Labute approximate surface area is 174 Å².